The Morgan fingerprint density at radius 3 is 2.13 bits per heavy atom. The van der Waals surface area contributed by atoms with Crippen LogP contribution in [0.3, 0.4) is 0 Å². The van der Waals surface area contributed by atoms with Crippen molar-refractivity contribution < 1.29 is 22.0 Å². The van der Waals surface area contributed by atoms with Crippen LogP contribution in [-0.2, 0) is 6.18 Å². The monoisotopic (exact) mass is 353 g/mol. The topological polar surface area (TPSA) is 12.9 Å². The van der Waals surface area contributed by atoms with Crippen molar-refractivity contribution in [3.63, 3.8) is 0 Å². The van der Waals surface area contributed by atoms with Gasteiger partial charge in [0.25, 0.3) is 6.43 Å². The van der Waals surface area contributed by atoms with Gasteiger partial charge in [0.2, 0.25) is 0 Å². The van der Waals surface area contributed by atoms with Crippen LogP contribution in [0, 0.1) is 0 Å². The third kappa shape index (κ3) is 2.87. The summed E-state index contributed by atoms with van der Waals surface area (Å²) in [6.07, 6.45) is -7.77. The Hall–Kier alpha value is -0.240. The van der Waals surface area contributed by atoms with Crippen molar-refractivity contribution in [1.29, 1.82) is 0 Å². The molecule has 0 amide bonds. The van der Waals surface area contributed by atoms with Crippen molar-refractivity contribution in [3.05, 3.63) is 26.4 Å². The summed E-state index contributed by atoms with van der Waals surface area (Å²) in [5.74, 6) is 0. The van der Waals surface area contributed by atoms with Crippen LogP contribution >= 0.6 is 31.9 Å². The lowest BCUT2D eigenvalue weighted by Crippen LogP contribution is -2.11. The SMILES string of the molecule is FC(F)c1cc(Br)nc(C(F)(F)F)c1Br. The van der Waals surface area contributed by atoms with E-state index in [-0.39, 0.29) is 4.60 Å². The smallest absolute Gasteiger partial charge is 0.235 e. The van der Waals surface area contributed by atoms with Crippen molar-refractivity contribution in [3.8, 4) is 0 Å². The Labute approximate surface area is 97.9 Å². The first kappa shape index (κ1) is 12.8. The number of hydrogen-bond donors (Lipinski definition) is 0. The molecular formula is C7H2Br2F5N. The van der Waals surface area contributed by atoms with Crippen LogP contribution in [0.5, 0.6) is 0 Å². The molecule has 0 atom stereocenters. The Morgan fingerprint density at radius 2 is 1.73 bits per heavy atom. The van der Waals surface area contributed by atoms with E-state index < -0.39 is 28.3 Å². The van der Waals surface area contributed by atoms with Gasteiger partial charge in [-0.15, -0.1) is 0 Å². The molecule has 0 N–H and O–H groups in total. The second-order valence-corrected chi connectivity index (χ2v) is 4.10. The van der Waals surface area contributed by atoms with E-state index in [1.807, 2.05) is 0 Å². The molecule has 84 valence electrons. The molecule has 0 aliphatic rings. The van der Waals surface area contributed by atoms with Gasteiger partial charge in [0, 0.05) is 5.56 Å². The highest BCUT2D eigenvalue weighted by Crippen LogP contribution is 2.39. The molecule has 1 heterocycles. The highest BCUT2D eigenvalue weighted by molar-refractivity contribution is 9.11. The molecule has 15 heavy (non-hydrogen) atoms. The third-order valence-corrected chi connectivity index (χ3v) is 2.70. The lowest BCUT2D eigenvalue weighted by atomic mass is 10.2. The van der Waals surface area contributed by atoms with E-state index in [1.165, 1.54) is 0 Å². The normalized spacial score (nSPS) is 12.3. The standard InChI is InChI=1S/C7H2Br2F5N/c8-3-1-2(6(10)11)4(9)5(15-3)7(12,13)14/h1,6H. The van der Waals surface area contributed by atoms with Gasteiger partial charge in [-0.25, -0.2) is 13.8 Å². The molecule has 0 unspecified atom stereocenters. The second-order valence-electron chi connectivity index (χ2n) is 2.50. The minimum Gasteiger partial charge on any atom is -0.235 e. The van der Waals surface area contributed by atoms with Crippen LogP contribution in [-0.4, -0.2) is 4.98 Å². The van der Waals surface area contributed by atoms with Crippen LogP contribution in [0.2, 0.25) is 0 Å². The summed E-state index contributed by atoms with van der Waals surface area (Å²) in [6, 6.07) is 0.837. The predicted molar refractivity (Wildman–Crippen MR) is 49.6 cm³/mol. The van der Waals surface area contributed by atoms with Crippen molar-refractivity contribution in [2.75, 3.05) is 0 Å². The fourth-order valence-corrected chi connectivity index (χ4v) is 1.89. The summed E-state index contributed by atoms with van der Waals surface area (Å²) >= 11 is 5.11. The zero-order valence-electron chi connectivity index (χ0n) is 6.75. The zero-order chi connectivity index (χ0) is 11.8. The Bertz CT molecular complexity index is 376. The van der Waals surface area contributed by atoms with Gasteiger partial charge in [-0.2, -0.15) is 13.2 Å². The number of alkyl halides is 5. The molecule has 0 aromatic carbocycles. The van der Waals surface area contributed by atoms with Crippen LogP contribution < -0.4 is 0 Å². The molecule has 8 heteroatoms. The summed E-state index contributed by atoms with van der Waals surface area (Å²) in [6.45, 7) is 0. The van der Waals surface area contributed by atoms with Gasteiger partial charge in [0.1, 0.15) is 4.60 Å². The Balaban J connectivity index is 3.42. The number of rotatable bonds is 1. The molecule has 0 radical (unpaired) electrons. The second kappa shape index (κ2) is 4.32. The average molecular weight is 355 g/mol. The van der Waals surface area contributed by atoms with Crippen LogP contribution in [0.1, 0.15) is 17.7 Å². The highest BCUT2D eigenvalue weighted by atomic mass is 79.9. The van der Waals surface area contributed by atoms with E-state index >= 15 is 0 Å². The van der Waals surface area contributed by atoms with Crippen LogP contribution in [0.25, 0.3) is 0 Å². The van der Waals surface area contributed by atoms with Gasteiger partial charge in [-0.05, 0) is 37.9 Å². The van der Waals surface area contributed by atoms with Gasteiger partial charge in [-0.3, -0.25) is 0 Å². The molecule has 0 saturated heterocycles. The summed E-state index contributed by atoms with van der Waals surface area (Å²) in [5.41, 5.74) is -2.11. The average Bonchev–Trinajstić information content (AvgIpc) is 2.06. The molecule has 0 aliphatic carbocycles. The number of aromatic nitrogens is 1. The van der Waals surface area contributed by atoms with Gasteiger partial charge in [0.15, 0.2) is 5.69 Å². The van der Waals surface area contributed by atoms with E-state index in [2.05, 4.69) is 36.8 Å². The van der Waals surface area contributed by atoms with Gasteiger partial charge >= 0.3 is 6.18 Å². The zero-order valence-corrected chi connectivity index (χ0v) is 9.92. The first-order valence-electron chi connectivity index (χ1n) is 3.44. The highest BCUT2D eigenvalue weighted by Gasteiger charge is 2.37. The largest absolute Gasteiger partial charge is 0.434 e. The lowest BCUT2D eigenvalue weighted by molar-refractivity contribution is -0.142. The van der Waals surface area contributed by atoms with E-state index in [0.717, 1.165) is 6.07 Å². The first-order chi connectivity index (χ1) is 6.73. The van der Waals surface area contributed by atoms with E-state index in [1.54, 1.807) is 0 Å². The summed E-state index contributed by atoms with van der Waals surface area (Å²) in [7, 11) is 0. The van der Waals surface area contributed by atoms with E-state index in [4.69, 9.17) is 0 Å². The molecule has 1 rings (SSSR count). The number of pyridine rings is 1. The fourth-order valence-electron chi connectivity index (χ4n) is 0.863. The van der Waals surface area contributed by atoms with Gasteiger partial charge < -0.3 is 0 Å². The lowest BCUT2D eigenvalue weighted by Gasteiger charge is -2.11. The molecule has 1 nitrogen and oxygen atoms in total. The fraction of sp³-hybridized carbons (Fsp3) is 0.286. The number of hydrogen-bond acceptors (Lipinski definition) is 1. The van der Waals surface area contributed by atoms with E-state index in [9.17, 15) is 22.0 Å². The Kier molecular flexibility index (Phi) is 3.70. The van der Waals surface area contributed by atoms with Gasteiger partial charge in [-0.1, -0.05) is 0 Å². The maximum absolute atomic E-state index is 12.3. The molecular weight excluding hydrogens is 353 g/mol. The van der Waals surface area contributed by atoms with Crippen molar-refractivity contribution >= 4 is 31.9 Å². The number of halogens is 7. The van der Waals surface area contributed by atoms with Crippen LogP contribution in [0.4, 0.5) is 22.0 Å². The predicted octanol–water partition coefficient (Wildman–Crippen LogP) is 4.56. The minimum absolute atomic E-state index is 0.284. The molecule has 0 bridgehead atoms. The molecule has 0 saturated carbocycles. The van der Waals surface area contributed by atoms with Crippen molar-refractivity contribution in [2.24, 2.45) is 0 Å². The minimum atomic E-state index is -4.77. The Morgan fingerprint density at radius 1 is 1.20 bits per heavy atom. The number of nitrogens with zero attached hydrogens (tertiary/aromatic N) is 1. The molecule has 0 aliphatic heterocycles. The van der Waals surface area contributed by atoms with Gasteiger partial charge in [0.05, 0.1) is 4.47 Å². The molecule has 1 aromatic rings. The maximum atomic E-state index is 12.3. The maximum Gasteiger partial charge on any atom is 0.434 e. The first-order valence-corrected chi connectivity index (χ1v) is 5.03. The summed E-state index contributed by atoms with van der Waals surface area (Å²) < 4.78 is 60.6. The quantitative estimate of drug-likeness (QED) is 0.532. The summed E-state index contributed by atoms with van der Waals surface area (Å²) in [5, 5.41) is 0. The van der Waals surface area contributed by atoms with Crippen molar-refractivity contribution in [1.82, 2.24) is 4.98 Å². The molecule has 0 fully saturated rings. The van der Waals surface area contributed by atoms with Crippen molar-refractivity contribution in [2.45, 2.75) is 12.6 Å². The molecule has 1 aromatic heterocycles. The van der Waals surface area contributed by atoms with Crippen LogP contribution in [0.15, 0.2) is 15.1 Å². The third-order valence-electron chi connectivity index (χ3n) is 1.46. The van der Waals surface area contributed by atoms with E-state index in [0.29, 0.717) is 0 Å². The summed E-state index contributed by atoms with van der Waals surface area (Å²) in [4.78, 5) is 3.10. The molecule has 0 spiro atoms.